The molecule has 1 aliphatic heterocycles. The van der Waals surface area contributed by atoms with Crippen LogP contribution in [0.2, 0.25) is 0 Å². The molecule has 1 saturated heterocycles. The Bertz CT molecular complexity index is 1440. The lowest BCUT2D eigenvalue weighted by Crippen LogP contribution is -2.48. The Morgan fingerprint density at radius 2 is 1.60 bits per heavy atom. The molecule has 0 radical (unpaired) electrons. The predicted octanol–water partition coefficient (Wildman–Crippen LogP) is 4.04. The summed E-state index contributed by atoms with van der Waals surface area (Å²) in [6.07, 6.45) is 1.00. The molecule has 7 nitrogen and oxygen atoms in total. The van der Waals surface area contributed by atoms with Crippen molar-refractivity contribution in [2.45, 2.75) is 19.9 Å². The minimum absolute atomic E-state index is 0.0526. The quantitative estimate of drug-likeness (QED) is 0.462. The van der Waals surface area contributed by atoms with Gasteiger partial charge in [-0.25, -0.2) is 9.37 Å². The highest BCUT2D eigenvalue weighted by atomic mass is 19.1. The smallest absolute Gasteiger partial charge is 0.256 e. The lowest BCUT2D eigenvalue weighted by molar-refractivity contribution is 0.209. The van der Waals surface area contributed by atoms with E-state index in [0.717, 1.165) is 38.1 Å². The number of aromatic nitrogens is 3. The summed E-state index contributed by atoms with van der Waals surface area (Å²) < 4.78 is 29.1. The van der Waals surface area contributed by atoms with Gasteiger partial charge in [0.1, 0.15) is 17.2 Å². The third-order valence-electron chi connectivity index (χ3n) is 6.56. The van der Waals surface area contributed by atoms with Gasteiger partial charge >= 0.3 is 0 Å². The number of aromatic amines is 1. The van der Waals surface area contributed by atoms with E-state index in [2.05, 4.69) is 38.6 Å². The number of nitrogens with one attached hydrogen (secondary N) is 1. The van der Waals surface area contributed by atoms with Crippen molar-refractivity contribution in [1.82, 2.24) is 19.9 Å². The van der Waals surface area contributed by atoms with Crippen molar-refractivity contribution in [2.75, 3.05) is 36.8 Å². The molecule has 2 aromatic heterocycles. The van der Waals surface area contributed by atoms with Gasteiger partial charge in [0.15, 0.2) is 5.82 Å². The van der Waals surface area contributed by atoms with E-state index in [1.165, 1.54) is 12.1 Å². The van der Waals surface area contributed by atoms with Crippen LogP contribution in [-0.4, -0.2) is 52.1 Å². The number of benzene rings is 2. The van der Waals surface area contributed by atoms with Crippen LogP contribution in [0.1, 0.15) is 13.8 Å². The zero-order chi connectivity index (χ0) is 24.7. The van der Waals surface area contributed by atoms with Gasteiger partial charge in [0.2, 0.25) is 5.95 Å². The van der Waals surface area contributed by atoms with Crippen LogP contribution in [0, 0.1) is 11.8 Å². The number of hydrogen-bond acceptors (Lipinski definition) is 6. The Morgan fingerprint density at radius 1 is 0.914 bits per heavy atom. The van der Waals surface area contributed by atoms with Crippen LogP contribution < -0.4 is 16.2 Å². The van der Waals surface area contributed by atoms with E-state index < -0.39 is 17.3 Å². The highest BCUT2D eigenvalue weighted by Gasteiger charge is 2.20. The lowest BCUT2D eigenvalue weighted by Gasteiger charge is -2.38. The van der Waals surface area contributed by atoms with Crippen molar-refractivity contribution < 1.29 is 8.78 Å². The molecule has 0 bridgehead atoms. The van der Waals surface area contributed by atoms with Crippen LogP contribution in [0.5, 0.6) is 0 Å². The molecule has 0 spiro atoms. The Balaban J connectivity index is 1.47. The lowest BCUT2D eigenvalue weighted by atomic mass is 10.0. The van der Waals surface area contributed by atoms with Crippen molar-refractivity contribution in [1.29, 1.82) is 0 Å². The SMILES string of the molecule is CC(C)N1CCN(c2ccc(-c3nc(-c4ccc5c(=O)[nH]cc(F)c5c4)c(N)nc3F)cc2)CC1. The van der Waals surface area contributed by atoms with Crippen LogP contribution in [0.4, 0.5) is 20.3 Å². The van der Waals surface area contributed by atoms with Crippen LogP contribution in [0.15, 0.2) is 53.5 Å². The summed E-state index contributed by atoms with van der Waals surface area (Å²) in [5, 5.41) is 0.327. The highest BCUT2D eigenvalue weighted by Crippen LogP contribution is 2.31. The molecular weight excluding hydrogens is 450 g/mol. The van der Waals surface area contributed by atoms with Crippen LogP contribution >= 0.6 is 0 Å². The number of nitrogens with two attached hydrogens (primary N) is 1. The largest absolute Gasteiger partial charge is 0.382 e. The monoisotopic (exact) mass is 476 g/mol. The fraction of sp³-hybridized carbons (Fsp3) is 0.269. The molecule has 0 atom stereocenters. The third-order valence-corrected chi connectivity index (χ3v) is 6.56. The van der Waals surface area contributed by atoms with E-state index in [1.54, 1.807) is 6.07 Å². The zero-order valence-corrected chi connectivity index (χ0v) is 19.6. The van der Waals surface area contributed by atoms with Crippen molar-refractivity contribution in [2.24, 2.45) is 0 Å². The van der Waals surface area contributed by atoms with Crippen molar-refractivity contribution in [3.8, 4) is 22.5 Å². The predicted molar refractivity (Wildman–Crippen MR) is 134 cm³/mol. The number of hydrogen-bond donors (Lipinski definition) is 2. The van der Waals surface area contributed by atoms with Gasteiger partial charge in [-0.3, -0.25) is 9.69 Å². The first-order valence-corrected chi connectivity index (χ1v) is 11.6. The number of rotatable bonds is 4. The average Bonchev–Trinajstić information content (AvgIpc) is 2.86. The Kier molecular flexibility index (Phi) is 5.94. The molecule has 2 aromatic carbocycles. The maximum absolute atomic E-state index is 14.8. The minimum Gasteiger partial charge on any atom is -0.382 e. The second-order valence-corrected chi connectivity index (χ2v) is 8.99. The molecule has 5 rings (SSSR count). The Labute approximate surface area is 201 Å². The summed E-state index contributed by atoms with van der Waals surface area (Å²) in [5.74, 6) is -1.48. The summed E-state index contributed by atoms with van der Waals surface area (Å²) in [4.78, 5) is 27.4. The highest BCUT2D eigenvalue weighted by molar-refractivity contribution is 5.88. The molecule has 0 aliphatic carbocycles. The summed E-state index contributed by atoms with van der Waals surface area (Å²) >= 11 is 0. The zero-order valence-electron chi connectivity index (χ0n) is 19.6. The van der Waals surface area contributed by atoms with Gasteiger partial charge in [0.05, 0.1) is 0 Å². The normalized spacial score (nSPS) is 14.7. The molecule has 1 aliphatic rings. The van der Waals surface area contributed by atoms with Crippen molar-refractivity contribution in [3.05, 3.63) is 70.8 Å². The van der Waals surface area contributed by atoms with E-state index >= 15 is 0 Å². The van der Waals surface area contributed by atoms with Gasteiger partial charge in [0.25, 0.3) is 5.56 Å². The van der Waals surface area contributed by atoms with E-state index in [9.17, 15) is 13.6 Å². The molecule has 180 valence electrons. The molecule has 35 heavy (non-hydrogen) atoms. The number of piperazine rings is 1. The molecule has 0 saturated carbocycles. The summed E-state index contributed by atoms with van der Waals surface area (Å²) in [6.45, 7) is 8.26. The first-order valence-electron chi connectivity index (χ1n) is 11.6. The number of pyridine rings is 1. The summed E-state index contributed by atoms with van der Waals surface area (Å²) in [6, 6.07) is 12.6. The Hall–Kier alpha value is -3.85. The summed E-state index contributed by atoms with van der Waals surface area (Å²) in [5.41, 5.74) is 7.91. The van der Waals surface area contributed by atoms with Crippen LogP contribution in [-0.2, 0) is 0 Å². The maximum Gasteiger partial charge on any atom is 0.256 e. The molecular formula is C26H26F2N6O. The summed E-state index contributed by atoms with van der Waals surface area (Å²) in [7, 11) is 0. The van der Waals surface area contributed by atoms with Gasteiger partial charge in [-0.1, -0.05) is 18.2 Å². The number of anilines is 2. The molecule has 4 aromatic rings. The minimum atomic E-state index is -0.784. The standard InChI is InChI=1S/C26H26F2N6O/c1-15(2)33-9-11-34(12-10-33)18-6-3-16(4-7-18)22-24(28)32-25(29)23(31-22)17-5-8-19-20(13-17)21(27)14-30-26(19)35/h3-8,13-15H,9-12H2,1-2H3,(H2,29,32)(H,30,35). The average molecular weight is 477 g/mol. The van der Waals surface area contributed by atoms with E-state index in [0.29, 0.717) is 17.2 Å². The van der Waals surface area contributed by atoms with Gasteiger partial charge in [-0.15, -0.1) is 0 Å². The number of H-pyrrole nitrogens is 1. The topological polar surface area (TPSA) is 91.1 Å². The molecule has 9 heteroatoms. The van der Waals surface area contributed by atoms with E-state index in [4.69, 9.17) is 5.73 Å². The number of fused-ring (bicyclic) bond motifs is 1. The molecule has 0 amide bonds. The van der Waals surface area contributed by atoms with Crippen LogP contribution in [0.3, 0.4) is 0 Å². The first kappa shape index (κ1) is 22.9. The Morgan fingerprint density at radius 3 is 2.29 bits per heavy atom. The second-order valence-electron chi connectivity index (χ2n) is 8.99. The second kappa shape index (κ2) is 9.07. The number of halogens is 2. The third kappa shape index (κ3) is 4.35. The van der Waals surface area contributed by atoms with Crippen LogP contribution in [0.25, 0.3) is 33.3 Å². The fourth-order valence-corrected chi connectivity index (χ4v) is 4.52. The maximum atomic E-state index is 14.8. The molecule has 0 unspecified atom stereocenters. The van der Waals surface area contributed by atoms with Gasteiger partial charge < -0.3 is 15.6 Å². The van der Waals surface area contributed by atoms with Gasteiger partial charge in [-0.05, 0) is 38.1 Å². The van der Waals surface area contributed by atoms with Crippen molar-refractivity contribution >= 4 is 22.3 Å². The molecule has 3 N–H and O–H groups in total. The van der Waals surface area contributed by atoms with Gasteiger partial charge in [-0.2, -0.15) is 9.37 Å². The van der Waals surface area contributed by atoms with E-state index in [1.807, 2.05) is 24.3 Å². The first-order chi connectivity index (χ1) is 16.8. The van der Waals surface area contributed by atoms with Gasteiger partial charge in [0, 0.05) is 66.0 Å². The van der Waals surface area contributed by atoms with Crippen molar-refractivity contribution in [3.63, 3.8) is 0 Å². The fourth-order valence-electron chi connectivity index (χ4n) is 4.52. The molecule has 1 fully saturated rings. The number of nitrogens with zero attached hydrogens (tertiary/aromatic N) is 4. The number of nitrogen functional groups attached to an aromatic ring is 1. The molecule has 3 heterocycles. The van der Waals surface area contributed by atoms with E-state index in [-0.39, 0.29) is 28.0 Å².